The van der Waals surface area contributed by atoms with Gasteiger partial charge >= 0.3 is 5.97 Å². The van der Waals surface area contributed by atoms with Crippen molar-refractivity contribution in [3.05, 3.63) is 71.0 Å². The molecule has 9 heteroatoms. The Morgan fingerprint density at radius 3 is 2.74 bits per heavy atom. The second-order valence-corrected chi connectivity index (χ2v) is 9.83. The van der Waals surface area contributed by atoms with Crippen LogP contribution in [0, 0.1) is 0 Å². The Bertz CT molecular complexity index is 1430. The van der Waals surface area contributed by atoms with Crippen molar-refractivity contribution in [3.8, 4) is 5.75 Å². The average Bonchev–Trinajstić information content (AvgIpc) is 3.75. The summed E-state index contributed by atoms with van der Waals surface area (Å²) in [6, 6.07) is 12.9. The SMILES string of the molecule is O=C(O)c1ccc2c(c1)nc(NCCOCCCCNCc1ccc(OC3CC3)c(Cl)c1)c1ccncc12. The van der Waals surface area contributed by atoms with Gasteiger partial charge in [-0.3, -0.25) is 4.98 Å². The van der Waals surface area contributed by atoms with Gasteiger partial charge in [0.25, 0.3) is 0 Å². The van der Waals surface area contributed by atoms with E-state index in [4.69, 9.17) is 21.1 Å². The number of benzene rings is 2. The molecule has 1 fully saturated rings. The molecule has 38 heavy (non-hydrogen) atoms. The molecule has 198 valence electrons. The lowest BCUT2D eigenvalue weighted by Crippen LogP contribution is -2.16. The highest BCUT2D eigenvalue weighted by molar-refractivity contribution is 6.32. The third-order valence-corrected chi connectivity index (χ3v) is 6.71. The van der Waals surface area contributed by atoms with E-state index in [-0.39, 0.29) is 5.56 Å². The van der Waals surface area contributed by atoms with Crippen LogP contribution in [0.2, 0.25) is 5.02 Å². The number of hydrogen-bond acceptors (Lipinski definition) is 7. The van der Waals surface area contributed by atoms with Gasteiger partial charge in [-0.05, 0) is 68.1 Å². The highest BCUT2D eigenvalue weighted by Crippen LogP contribution is 2.32. The van der Waals surface area contributed by atoms with E-state index in [1.165, 1.54) is 0 Å². The van der Waals surface area contributed by atoms with Crippen molar-refractivity contribution in [2.45, 2.75) is 38.3 Å². The number of nitrogens with one attached hydrogen (secondary N) is 2. The van der Waals surface area contributed by atoms with E-state index in [2.05, 4.69) is 26.7 Å². The molecular formula is C29H31ClN4O4. The van der Waals surface area contributed by atoms with Crippen molar-refractivity contribution >= 4 is 45.1 Å². The van der Waals surface area contributed by atoms with E-state index in [1.807, 2.05) is 18.2 Å². The molecule has 2 aromatic carbocycles. The number of ether oxygens (including phenoxy) is 2. The lowest BCUT2D eigenvalue weighted by molar-refractivity contribution is 0.0697. The Balaban J connectivity index is 1.02. The summed E-state index contributed by atoms with van der Waals surface area (Å²) in [5, 5.41) is 19.5. The smallest absolute Gasteiger partial charge is 0.335 e. The van der Waals surface area contributed by atoms with Gasteiger partial charge in [0.2, 0.25) is 0 Å². The van der Waals surface area contributed by atoms with Crippen LogP contribution < -0.4 is 15.4 Å². The second-order valence-electron chi connectivity index (χ2n) is 9.42. The summed E-state index contributed by atoms with van der Waals surface area (Å²) >= 11 is 6.33. The first kappa shape index (κ1) is 26.2. The van der Waals surface area contributed by atoms with Crippen LogP contribution in [0.5, 0.6) is 5.75 Å². The number of hydrogen-bond donors (Lipinski definition) is 3. The van der Waals surface area contributed by atoms with Crippen LogP contribution in [0.1, 0.15) is 41.6 Å². The lowest BCUT2D eigenvalue weighted by atomic mass is 10.1. The van der Waals surface area contributed by atoms with Crippen molar-refractivity contribution in [2.75, 3.05) is 31.6 Å². The first-order valence-corrected chi connectivity index (χ1v) is 13.3. The number of anilines is 1. The molecule has 2 heterocycles. The molecule has 0 atom stereocenters. The number of unbranched alkanes of at least 4 members (excludes halogenated alkanes) is 1. The van der Waals surface area contributed by atoms with Gasteiger partial charge < -0.3 is 25.2 Å². The van der Waals surface area contributed by atoms with E-state index in [0.717, 1.165) is 66.2 Å². The summed E-state index contributed by atoms with van der Waals surface area (Å²) in [6.07, 6.45) is 8.06. The molecule has 8 nitrogen and oxygen atoms in total. The van der Waals surface area contributed by atoms with Crippen LogP contribution in [-0.2, 0) is 11.3 Å². The van der Waals surface area contributed by atoms with Crippen molar-refractivity contribution in [1.82, 2.24) is 15.3 Å². The van der Waals surface area contributed by atoms with Crippen molar-refractivity contribution in [2.24, 2.45) is 0 Å². The number of carboxylic acids is 1. The molecule has 0 unspecified atom stereocenters. The fourth-order valence-corrected chi connectivity index (χ4v) is 4.51. The zero-order valence-electron chi connectivity index (χ0n) is 21.1. The van der Waals surface area contributed by atoms with E-state index < -0.39 is 5.97 Å². The largest absolute Gasteiger partial charge is 0.489 e. The molecule has 0 aliphatic heterocycles. The van der Waals surface area contributed by atoms with Gasteiger partial charge in [-0.15, -0.1) is 0 Å². The zero-order valence-corrected chi connectivity index (χ0v) is 21.8. The van der Waals surface area contributed by atoms with Gasteiger partial charge in [-0.1, -0.05) is 23.7 Å². The maximum absolute atomic E-state index is 11.4. The second kappa shape index (κ2) is 12.4. The van der Waals surface area contributed by atoms with Gasteiger partial charge in [-0.25, -0.2) is 9.78 Å². The molecule has 0 radical (unpaired) electrons. The van der Waals surface area contributed by atoms with Crippen molar-refractivity contribution in [1.29, 1.82) is 0 Å². The van der Waals surface area contributed by atoms with Gasteiger partial charge in [0.05, 0.1) is 28.8 Å². The minimum atomic E-state index is -0.976. The van der Waals surface area contributed by atoms with Gasteiger partial charge in [-0.2, -0.15) is 0 Å². The molecule has 1 aliphatic rings. The minimum Gasteiger partial charge on any atom is -0.489 e. The molecule has 4 aromatic rings. The molecule has 0 amide bonds. The minimum absolute atomic E-state index is 0.206. The molecule has 0 bridgehead atoms. The van der Waals surface area contributed by atoms with Crippen LogP contribution in [0.15, 0.2) is 54.9 Å². The predicted molar refractivity (Wildman–Crippen MR) is 149 cm³/mol. The van der Waals surface area contributed by atoms with Crippen LogP contribution in [0.3, 0.4) is 0 Å². The molecule has 0 saturated heterocycles. The third-order valence-electron chi connectivity index (χ3n) is 6.42. The number of fused-ring (bicyclic) bond motifs is 3. The third kappa shape index (κ3) is 6.69. The standard InChI is InChI=1S/C29H31ClN4O4/c30-25-15-19(3-8-27(25)38-21-5-6-21)17-31-10-1-2-13-37-14-12-33-28-23-9-11-32-18-24(23)22-7-4-20(29(35)36)16-26(22)34-28/h3-4,7-9,11,15-16,18,21,31H,1-2,5-6,10,12-14,17H2,(H,33,34)(H,35,36). The van der Waals surface area contributed by atoms with E-state index in [9.17, 15) is 9.90 Å². The van der Waals surface area contributed by atoms with Crippen LogP contribution in [0.4, 0.5) is 5.82 Å². The first-order chi connectivity index (χ1) is 18.6. The summed E-state index contributed by atoms with van der Waals surface area (Å²) in [6.45, 7) is 3.49. The Morgan fingerprint density at radius 1 is 1.03 bits per heavy atom. The maximum atomic E-state index is 11.4. The summed E-state index contributed by atoms with van der Waals surface area (Å²) in [5.74, 6) is 0.492. The number of rotatable bonds is 14. The van der Waals surface area contributed by atoms with Crippen LogP contribution in [-0.4, -0.2) is 53.5 Å². The van der Waals surface area contributed by atoms with Gasteiger partial charge in [0.1, 0.15) is 11.6 Å². The molecular weight excluding hydrogens is 504 g/mol. The number of halogens is 1. The Morgan fingerprint density at radius 2 is 1.92 bits per heavy atom. The number of carbonyl (C=O) groups is 1. The van der Waals surface area contributed by atoms with Gasteiger partial charge in [0.15, 0.2) is 0 Å². The highest BCUT2D eigenvalue weighted by Gasteiger charge is 2.24. The number of carboxylic acid groups (broad SMARTS) is 1. The molecule has 0 spiro atoms. The average molecular weight is 535 g/mol. The number of nitrogens with zero attached hydrogens (tertiary/aromatic N) is 2. The normalized spacial score (nSPS) is 13.2. The molecule has 3 N–H and O–H groups in total. The molecule has 2 aromatic heterocycles. The lowest BCUT2D eigenvalue weighted by Gasteiger charge is -2.12. The zero-order chi connectivity index (χ0) is 26.3. The van der Waals surface area contributed by atoms with Crippen LogP contribution >= 0.6 is 11.6 Å². The first-order valence-electron chi connectivity index (χ1n) is 13.0. The Hall–Kier alpha value is -3.46. The fraction of sp³-hybridized carbons (Fsp3) is 0.345. The summed E-state index contributed by atoms with van der Waals surface area (Å²) in [5.41, 5.74) is 1.97. The number of aromatic nitrogens is 2. The quantitative estimate of drug-likeness (QED) is 0.140. The highest BCUT2D eigenvalue weighted by atomic mass is 35.5. The summed E-state index contributed by atoms with van der Waals surface area (Å²) in [4.78, 5) is 20.3. The number of aromatic carboxylic acids is 1. The van der Waals surface area contributed by atoms with Gasteiger partial charge in [0, 0.05) is 48.2 Å². The Kier molecular flexibility index (Phi) is 8.53. The van der Waals surface area contributed by atoms with Crippen molar-refractivity contribution < 1.29 is 19.4 Å². The predicted octanol–water partition coefficient (Wildman–Crippen LogP) is 5.67. The van der Waals surface area contributed by atoms with Crippen molar-refractivity contribution in [3.63, 3.8) is 0 Å². The topological polar surface area (TPSA) is 106 Å². The van der Waals surface area contributed by atoms with E-state index >= 15 is 0 Å². The molecule has 1 saturated carbocycles. The summed E-state index contributed by atoms with van der Waals surface area (Å²) < 4.78 is 11.6. The molecule has 5 rings (SSSR count). The Labute approximate surface area is 226 Å². The maximum Gasteiger partial charge on any atom is 0.335 e. The summed E-state index contributed by atoms with van der Waals surface area (Å²) in [7, 11) is 0. The number of pyridine rings is 2. The monoisotopic (exact) mass is 534 g/mol. The van der Waals surface area contributed by atoms with Crippen LogP contribution in [0.25, 0.3) is 21.7 Å². The van der Waals surface area contributed by atoms with E-state index in [1.54, 1.807) is 30.6 Å². The van der Waals surface area contributed by atoms with E-state index in [0.29, 0.717) is 42.2 Å². The molecule has 1 aliphatic carbocycles. The fourth-order valence-electron chi connectivity index (χ4n) is 4.26.